The Balaban J connectivity index is 1.99. The Morgan fingerprint density at radius 2 is 1.44 bits per heavy atom. The number of methoxy groups -OCH3 is 1. The molecule has 0 aromatic heterocycles. The molecule has 0 spiro atoms. The lowest BCUT2D eigenvalue weighted by atomic mass is 9.75. The summed E-state index contributed by atoms with van der Waals surface area (Å²) in [7, 11) is 1.22. The first-order chi connectivity index (χ1) is 15.4. The number of carbonyl (C=O) groups excluding carboxylic acids is 2. The van der Waals surface area contributed by atoms with Crippen molar-refractivity contribution in [3.8, 4) is 0 Å². The highest BCUT2D eigenvalue weighted by molar-refractivity contribution is 5.94. The molecule has 0 fully saturated rings. The van der Waals surface area contributed by atoms with Gasteiger partial charge in [-0.25, -0.2) is 4.79 Å². The van der Waals surface area contributed by atoms with Gasteiger partial charge in [-0.2, -0.15) is 0 Å². The number of hydrogen-bond acceptors (Lipinski definition) is 5. The van der Waals surface area contributed by atoms with Crippen molar-refractivity contribution in [2.24, 2.45) is 0 Å². The zero-order chi connectivity index (χ0) is 23.1. The average Bonchev–Trinajstić information content (AvgIpc) is 2.83. The van der Waals surface area contributed by atoms with Crippen LogP contribution in [-0.4, -0.2) is 30.0 Å². The molecule has 164 valence electrons. The molecule has 3 aromatic rings. The van der Waals surface area contributed by atoms with Gasteiger partial charge in [-0.1, -0.05) is 78.9 Å². The number of nitrogens with zero attached hydrogens (tertiary/aromatic N) is 1. The summed E-state index contributed by atoms with van der Waals surface area (Å²) >= 11 is 0. The smallest absolute Gasteiger partial charge is 0.328 e. The Morgan fingerprint density at radius 3 is 1.94 bits per heavy atom. The quantitative estimate of drug-likeness (QED) is 0.332. The van der Waals surface area contributed by atoms with Crippen molar-refractivity contribution in [2.75, 3.05) is 7.11 Å². The van der Waals surface area contributed by atoms with Gasteiger partial charge in [0, 0.05) is 18.1 Å². The molecule has 0 bridgehead atoms. The molecule has 7 nitrogen and oxygen atoms in total. The second-order valence-corrected chi connectivity index (χ2v) is 7.50. The van der Waals surface area contributed by atoms with E-state index in [2.05, 4.69) is 5.32 Å². The lowest BCUT2D eigenvalue weighted by molar-refractivity contribution is -0.385. The minimum Gasteiger partial charge on any atom is -0.467 e. The number of ether oxygens (including phenoxy) is 1. The Bertz CT molecular complexity index is 1060. The van der Waals surface area contributed by atoms with Crippen molar-refractivity contribution in [2.45, 2.75) is 24.8 Å². The molecule has 0 aliphatic rings. The molecule has 3 aromatic carbocycles. The third-order valence-corrected chi connectivity index (χ3v) is 5.56. The first kappa shape index (κ1) is 22.7. The molecule has 0 aliphatic carbocycles. The van der Waals surface area contributed by atoms with E-state index in [4.69, 9.17) is 4.74 Å². The van der Waals surface area contributed by atoms with E-state index in [1.807, 2.05) is 60.7 Å². The molecule has 0 unspecified atom stereocenters. The fourth-order valence-corrected chi connectivity index (χ4v) is 3.69. The van der Waals surface area contributed by atoms with Gasteiger partial charge in [-0.3, -0.25) is 14.9 Å². The highest BCUT2D eigenvalue weighted by atomic mass is 16.6. The molecule has 3 rings (SSSR count). The van der Waals surface area contributed by atoms with Gasteiger partial charge in [-0.15, -0.1) is 0 Å². The number of nitrogens with one attached hydrogen (secondary N) is 1. The first-order valence-electron chi connectivity index (χ1n) is 10.1. The third-order valence-electron chi connectivity index (χ3n) is 5.56. The fourth-order valence-electron chi connectivity index (χ4n) is 3.69. The number of hydrogen-bond donors (Lipinski definition) is 1. The second-order valence-electron chi connectivity index (χ2n) is 7.50. The highest BCUT2D eigenvalue weighted by Crippen LogP contribution is 2.32. The van der Waals surface area contributed by atoms with Gasteiger partial charge >= 0.3 is 5.97 Å². The van der Waals surface area contributed by atoms with E-state index < -0.39 is 28.3 Å². The van der Waals surface area contributed by atoms with Crippen molar-refractivity contribution in [3.05, 3.63) is 112 Å². The number of para-hydroxylation sites is 1. The van der Waals surface area contributed by atoms with Crippen LogP contribution >= 0.6 is 0 Å². The van der Waals surface area contributed by atoms with Crippen LogP contribution in [0.2, 0.25) is 0 Å². The van der Waals surface area contributed by atoms with Crippen LogP contribution in [0.15, 0.2) is 84.9 Å². The summed E-state index contributed by atoms with van der Waals surface area (Å²) in [5.74, 6) is -1.09. The zero-order valence-electron chi connectivity index (χ0n) is 17.9. The summed E-state index contributed by atoms with van der Waals surface area (Å²) in [6.07, 6.45) is -0.0742. The van der Waals surface area contributed by atoms with Gasteiger partial charge in [0.25, 0.3) is 5.69 Å². The van der Waals surface area contributed by atoms with Crippen molar-refractivity contribution >= 4 is 17.6 Å². The molecular weight excluding hydrogens is 408 g/mol. The number of rotatable bonds is 8. The normalized spacial score (nSPS) is 11.9. The van der Waals surface area contributed by atoms with Crippen LogP contribution in [0.5, 0.6) is 0 Å². The fraction of sp³-hybridized carbons (Fsp3) is 0.200. The zero-order valence-corrected chi connectivity index (χ0v) is 17.9. The maximum absolute atomic E-state index is 13.7. The van der Waals surface area contributed by atoms with E-state index in [0.29, 0.717) is 5.56 Å². The van der Waals surface area contributed by atoms with Gasteiger partial charge < -0.3 is 10.1 Å². The van der Waals surface area contributed by atoms with E-state index in [1.54, 1.807) is 25.1 Å². The van der Waals surface area contributed by atoms with E-state index in [9.17, 15) is 19.7 Å². The molecule has 7 heteroatoms. The number of nitro benzene ring substituents is 1. The highest BCUT2D eigenvalue weighted by Gasteiger charge is 2.39. The van der Waals surface area contributed by atoms with Gasteiger partial charge in [0.1, 0.15) is 6.04 Å². The minimum absolute atomic E-state index is 0.0742. The number of nitro groups is 1. The Labute approximate surface area is 186 Å². The summed E-state index contributed by atoms with van der Waals surface area (Å²) in [6.45, 7) is 1.78. The summed E-state index contributed by atoms with van der Waals surface area (Å²) in [5.41, 5.74) is 0.604. The van der Waals surface area contributed by atoms with Gasteiger partial charge in [-0.05, 0) is 18.1 Å². The number of carbonyl (C=O) groups is 2. The molecule has 0 saturated heterocycles. The summed E-state index contributed by atoms with van der Waals surface area (Å²) in [4.78, 5) is 37.1. The number of amides is 1. The maximum atomic E-state index is 13.7. The van der Waals surface area contributed by atoms with Crippen molar-refractivity contribution < 1.29 is 19.2 Å². The molecule has 1 amide bonds. The maximum Gasteiger partial charge on any atom is 0.328 e. The lowest BCUT2D eigenvalue weighted by Crippen LogP contribution is -2.51. The number of benzene rings is 3. The van der Waals surface area contributed by atoms with Gasteiger partial charge in [0.2, 0.25) is 5.91 Å². The second kappa shape index (κ2) is 9.87. The topological polar surface area (TPSA) is 98.5 Å². The van der Waals surface area contributed by atoms with E-state index in [0.717, 1.165) is 11.1 Å². The molecule has 0 saturated carbocycles. The molecule has 1 atom stereocenters. The third kappa shape index (κ3) is 4.67. The van der Waals surface area contributed by atoms with Gasteiger partial charge in [0.05, 0.1) is 17.4 Å². The van der Waals surface area contributed by atoms with Crippen LogP contribution in [0.1, 0.15) is 23.6 Å². The first-order valence-corrected chi connectivity index (χ1v) is 10.1. The van der Waals surface area contributed by atoms with E-state index in [-0.39, 0.29) is 12.1 Å². The predicted molar refractivity (Wildman–Crippen MR) is 120 cm³/mol. The Kier molecular flexibility index (Phi) is 7.00. The summed E-state index contributed by atoms with van der Waals surface area (Å²) in [6, 6.07) is 23.5. The van der Waals surface area contributed by atoms with Crippen molar-refractivity contribution in [3.63, 3.8) is 0 Å². The van der Waals surface area contributed by atoms with E-state index >= 15 is 0 Å². The van der Waals surface area contributed by atoms with E-state index in [1.165, 1.54) is 13.2 Å². The molecule has 0 aliphatic heterocycles. The molecule has 0 heterocycles. The van der Waals surface area contributed by atoms with Crippen LogP contribution in [-0.2, 0) is 26.2 Å². The monoisotopic (exact) mass is 432 g/mol. The summed E-state index contributed by atoms with van der Waals surface area (Å²) < 4.78 is 4.89. The Morgan fingerprint density at radius 1 is 0.938 bits per heavy atom. The standard InChI is InChI=1S/C25H24N2O5/c1-25(19-12-5-3-6-13-19,20-14-7-4-8-15-20)24(29)26-21(23(28)32-2)17-18-11-9-10-16-22(18)27(30)31/h3-16,21H,17H2,1-2H3,(H,26,29)/t21-/m1/s1. The summed E-state index contributed by atoms with van der Waals surface area (Å²) in [5, 5.41) is 14.2. The predicted octanol–water partition coefficient (Wildman–Crippen LogP) is 3.80. The molecule has 1 N–H and O–H groups in total. The largest absolute Gasteiger partial charge is 0.467 e. The molecular formula is C25H24N2O5. The van der Waals surface area contributed by atoms with Crippen molar-refractivity contribution in [1.82, 2.24) is 5.32 Å². The number of esters is 1. The van der Waals surface area contributed by atoms with Crippen LogP contribution < -0.4 is 5.32 Å². The average molecular weight is 432 g/mol. The van der Waals surface area contributed by atoms with Crippen LogP contribution in [0.4, 0.5) is 5.69 Å². The van der Waals surface area contributed by atoms with Crippen LogP contribution in [0, 0.1) is 10.1 Å². The SMILES string of the molecule is COC(=O)[C@@H](Cc1ccccc1[N+](=O)[O-])NC(=O)C(C)(c1ccccc1)c1ccccc1. The Hall–Kier alpha value is -4.00. The lowest BCUT2D eigenvalue weighted by Gasteiger charge is -2.31. The van der Waals surface area contributed by atoms with Crippen molar-refractivity contribution in [1.29, 1.82) is 0 Å². The van der Waals surface area contributed by atoms with Gasteiger partial charge in [0.15, 0.2) is 0 Å². The molecule has 32 heavy (non-hydrogen) atoms. The minimum atomic E-state index is -1.10. The molecule has 0 radical (unpaired) electrons. The van der Waals surface area contributed by atoms with Crippen LogP contribution in [0.3, 0.4) is 0 Å². The van der Waals surface area contributed by atoms with Crippen LogP contribution in [0.25, 0.3) is 0 Å².